The number of epoxide rings is 1. The Morgan fingerprint density at radius 2 is 1.98 bits per heavy atom. The number of carbonyl (C=O) groups excluding carboxylic acids is 3. The Morgan fingerprint density at radius 1 is 1.22 bits per heavy atom. The number of hydrogen-bond acceptors (Lipinski definition) is 10. The first-order valence-electron chi connectivity index (χ1n) is 17.6. The predicted molar refractivity (Wildman–Crippen MR) is 203 cm³/mol. The third kappa shape index (κ3) is 9.48. The van der Waals surface area contributed by atoms with Crippen molar-refractivity contribution < 1.29 is 43.6 Å². The quantitative estimate of drug-likeness (QED) is 0.200. The van der Waals surface area contributed by atoms with Crippen molar-refractivity contribution >= 4 is 57.8 Å². The minimum Gasteiger partial charge on any atom is -0.495 e. The van der Waals surface area contributed by atoms with E-state index in [2.05, 4.69) is 10.3 Å². The number of nitrogens with zero attached hydrogens (tertiary/aromatic N) is 3. The Bertz CT molecular complexity index is 1990. The molecule has 2 aromatic carbocycles. The monoisotopic (exact) mass is 763 g/mol. The van der Waals surface area contributed by atoms with Crippen molar-refractivity contribution in [2.24, 2.45) is 0 Å². The van der Waals surface area contributed by atoms with Gasteiger partial charge in [0.1, 0.15) is 28.6 Å². The number of aromatic nitrogens is 1. The number of rotatable bonds is 4. The van der Waals surface area contributed by atoms with Crippen LogP contribution in [0.3, 0.4) is 0 Å². The van der Waals surface area contributed by atoms with E-state index in [1.807, 2.05) is 37.3 Å². The molecule has 2 saturated heterocycles. The number of methoxy groups -OCH3 is 1. The summed E-state index contributed by atoms with van der Waals surface area (Å²) < 4.78 is 16.5. The zero-order valence-electron chi connectivity index (χ0n) is 30.9. The lowest BCUT2D eigenvalue weighted by Crippen LogP contribution is -2.56. The molecular weight excluding hydrogens is 718 g/mol. The maximum Gasteiger partial charge on any atom is 0.409 e. The van der Waals surface area contributed by atoms with Crippen LogP contribution in [0.4, 0.5) is 16.2 Å². The van der Waals surface area contributed by atoms with Gasteiger partial charge in [0.05, 0.1) is 36.2 Å². The Morgan fingerprint density at radius 3 is 2.70 bits per heavy atom. The molecule has 0 saturated carbocycles. The van der Waals surface area contributed by atoms with Crippen LogP contribution in [0.5, 0.6) is 5.75 Å². The van der Waals surface area contributed by atoms with Crippen LogP contribution < -0.4 is 20.7 Å². The highest BCUT2D eigenvalue weighted by atomic mass is 35.5. The molecule has 14 nitrogen and oxygen atoms in total. The number of carboxylic acids is 1. The number of allylic oxidation sites excluding steroid dienone is 3. The number of alkyl carbamates (subject to hydrolysis) is 1. The number of carbonyl (C=O) groups is 4. The number of nitrogen functional groups attached to an aromatic ring is 1. The van der Waals surface area contributed by atoms with Crippen LogP contribution in [0, 0.1) is 0 Å². The molecular formula is C39H46ClN5O9. The Balaban J connectivity index is 0.000000239. The number of pyridine rings is 1. The number of likely N-dealkylation sites (N-methyl/N-ethyl adjacent to an activating group) is 1. The van der Waals surface area contributed by atoms with Crippen LogP contribution in [0.1, 0.15) is 61.9 Å². The number of ether oxygens (including phenoxy) is 3. The van der Waals surface area contributed by atoms with Crippen LogP contribution in [-0.2, 0) is 25.5 Å². The summed E-state index contributed by atoms with van der Waals surface area (Å²) in [7, 11) is 4.72. The maximum atomic E-state index is 12.9. The summed E-state index contributed by atoms with van der Waals surface area (Å²) in [6.45, 7) is 3.45. The minimum absolute atomic E-state index is 0.0777. The molecule has 5 atom stereocenters. The summed E-state index contributed by atoms with van der Waals surface area (Å²) >= 11 is 6.54. The highest BCUT2D eigenvalue weighted by Crippen LogP contribution is 2.38. The van der Waals surface area contributed by atoms with Crippen LogP contribution in [0.25, 0.3) is 10.9 Å². The van der Waals surface area contributed by atoms with Crippen molar-refractivity contribution in [2.45, 2.75) is 82.5 Å². The second-order valence-corrected chi connectivity index (χ2v) is 14.2. The van der Waals surface area contributed by atoms with Crippen molar-refractivity contribution in [3.8, 4) is 5.75 Å². The number of hydrogen-bond donors (Lipinski definition) is 4. The number of halogens is 1. The van der Waals surface area contributed by atoms with E-state index in [0.717, 1.165) is 11.1 Å². The van der Waals surface area contributed by atoms with Gasteiger partial charge in [-0.3, -0.25) is 19.9 Å². The van der Waals surface area contributed by atoms with E-state index in [4.69, 9.17) is 36.7 Å². The van der Waals surface area contributed by atoms with E-state index in [9.17, 15) is 24.3 Å². The molecule has 3 unspecified atom stereocenters. The van der Waals surface area contributed by atoms with Gasteiger partial charge in [-0.2, -0.15) is 0 Å². The highest BCUT2D eigenvalue weighted by Gasteiger charge is 2.45. The fourth-order valence-corrected chi connectivity index (χ4v) is 6.81. The lowest BCUT2D eigenvalue weighted by atomic mass is 9.96. The number of aliphatic carboxylic acids is 1. The normalized spacial score (nSPS) is 25.0. The third-order valence-electron chi connectivity index (χ3n) is 9.78. The van der Waals surface area contributed by atoms with Gasteiger partial charge in [-0.15, -0.1) is 0 Å². The molecule has 4 heterocycles. The Kier molecular flexibility index (Phi) is 12.5. The summed E-state index contributed by atoms with van der Waals surface area (Å²) in [4.78, 5) is 55.2. The summed E-state index contributed by atoms with van der Waals surface area (Å²) in [5.74, 6) is -0.998. The van der Waals surface area contributed by atoms with Gasteiger partial charge in [-0.05, 0) is 62.6 Å². The summed E-state index contributed by atoms with van der Waals surface area (Å²) in [5, 5.41) is 23.4. The minimum atomic E-state index is -1.37. The number of benzene rings is 2. The molecule has 6 rings (SSSR count). The molecule has 1 aromatic heterocycles. The standard InChI is InChI=1S/C25H31ClN2O6.C14H15N3O3/c1-15-6-4-5-9-25(31)14-17(33-24(30)27-25)13-20-19(34-20)7-8-22(29)28(2)18-11-16(10-15)12-21(32-3)23(18)26;1-8(14(19)20)17(2)13(18)10-5-6-11(15)12-9(10)4-3-7-16-12/h4-6,11-12,17,19-20,31H,7-10,13-14H2,1-3H3,(H,27,30);3-8H,15H2,1-2H3,(H,19,20)/b5-4+,15-6+;/t17?,19?,20?,25-;8-/m10/s1. The van der Waals surface area contributed by atoms with Crippen molar-refractivity contribution in [3.05, 3.63) is 82.5 Å². The number of amides is 3. The number of anilines is 2. The number of fused-ring (bicyclic) bond motifs is 6. The van der Waals surface area contributed by atoms with Gasteiger partial charge >= 0.3 is 12.1 Å². The number of nitrogens with one attached hydrogen (secondary N) is 1. The zero-order valence-corrected chi connectivity index (χ0v) is 31.6. The summed E-state index contributed by atoms with van der Waals surface area (Å²) in [6, 6.07) is 9.51. The van der Waals surface area contributed by atoms with Gasteiger partial charge < -0.3 is 40.0 Å². The van der Waals surface area contributed by atoms with Crippen molar-refractivity contribution in [1.29, 1.82) is 0 Å². The largest absolute Gasteiger partial charge is 0.495 e. The van der Waals surface area contributed by atoms with Crippen molar-refractivity contribution in [1.82, 2.24) is 15.2 Å². The smallest absolute Gasteiger partial charge is 0.409 e. The lowest BCUT2D eigenvalue weighted by molar-refractivity contribution is -0.141. The first-order valence-corrected chi connectivity index (χ1v) is 17.9. The molecule has 5 N–H and O–H groups in total. The van der Waals surface area contributed by atoms with Crippen LogP contribution in [-0.4, -0.2) is 95.3 Å². The molecule has 4 bridgehead atoms. The molecule has 54 heavy (non-hydrogen) atoms. The van der Waals surface area contributed by atoms with Crippen LogP contribution in [0.15, 0.2) is 66.4 Å². The average Bonchev–Trinajstić information content (AvgIpc) is 3.88. The number of carboxylic acid groups (broad SMARTS) is 1. The van der Waals surface area contributed by atoms with E-state index in [1.165, 1.54) is 18.9 Å². The zero-order chi connectivity index (χ0) is 39.3. The van der Waals surface area contributed by atoms with Gasteiger partial charge in [0, 0.05) is 56.9 Å². The van der Waals surface area contributed by atoms with Crippen molar-refractivity contribution in [2.75, 3.05) is 31.8 Å². The van der Waals surface area contributed by atoms with Gasteiger partial charge in [0.25, 0.3) is 5.91 Å². The second kappa shape index (κ2) is 16.9. The van der Waals surface area contributed by atoms with Gasteiger partial charge in [-0.25, -0.2) is 9.59 Å². The molecule has 3 amide bonds. The van der Waals surface area contributed by atoms with E-state index >= 15 is 0 Å². The fourth-order valence-electron chi connectivity index (χ4n) is 6.50. The average molecular weight is 764 g/mol. The second-order valence-electron chi connectivity index (χ2n) is 13.8. The van der Waals surface area contributed by atoms with E-state index in [0.29, 0.717) is 64.3 Å². The van der Waals surface area contributed by atoms with Gasteiger partial charge in [0.2, 0.25) is 5.91 Å². The topological polar surface area (TPSA) is 197 Å². The third-order valence-corrected chi connectivity index (χ3v) is 10.2. The molecule has 0 radical (unpaired) electrons. The molecule has 3 aromatic rings. The van der Waals surface area contributed by atoms with Crippen LogP contribution in [0.2, 0.25) is 5.02 Å². The summed E-state index contributed by atoms with van der Waals surface area (Å²) in [5.41, 5.74) is 8.48. The molecule has 3 aliphatic heterocycles. The fraction of sp³-hybridized carbons (Fsp3) is 0.410. The number of aliphatic hydroxyl groups is 1. The van der Waals surface area contributed by atoms with E-state index < -0.39 is 29.9 Å². The Hall–Kier alpha value is -5.18. The molecule has 288 valence electrons. The predicted octanol–water partition coefficient (Wildman–Crippen LogP) is 5.25. The summed E-state index contributed by atoms with van der Waals surface area (Å²) in [6.07, 6.45) is 8.45. The first kappa shape index (κ1) is 40.0. The molecule has 2 fully saturated rings. The van der Waals surface area contributed by atoms with Gasteiger partial charge in [-0.1, -0.05) is 41.5 Å². The van der Waals surface area contributed by atoms with Crippen LogP contribution >= 0.6 is 11.6 Å². The van der Waals surface area contributed by atoms with E-state index in [1.54, 1.807) is 49.5 Å². The SMILES string of the molecule is COc1cc2cc(c1Cl)N(C)C(=O)CCC1OC1CC1C[C@](O)(C/C=C/C=C(\C)C2)NC(=O)O1.C[C@@H](C(=O)O)N(C)C(=O)c1ccc(N)c2ncccc12. The van der Waals surface area contributed by atoms with Gasteiger partial charge in [0.15, 0.2) is 0 Å². The Labute approximate surface area is 318 Å². The van der Waals surface area contributed by atoms with E-state index in [-0.39, 0.29) is 36.9 Å². The van der Waals surface area contributed by atoms with Crippen molar-refractivity contribution in [3.63, 3.8) is 0 Å². The molecule has 3 aliphatic rings. The first-order chi connectivity index (χ1) is 25.6. The number of nitrogens with two attached hydrogens (primary N) is 1. The molecule has 0 aliphatic carbocycles. The highest BCUT2D eigenvalue weighted by molar-refractivity contribution is 6.35. The molecule has 15 heteroatoms. The maximum absolute atomic E-state index is 12.9. The molecule has 0 spiro atoms. The lowest BCUT2D eigenvalue weighted by Gasteiger charge is -2.36.